The summed E-state index contributed by atoms with van der Waals surface area (Å²) in [6, 6.07) is 8.14. The van der Waals surface area contributed by atoms with Crippen molar-refractivity contribution in [1.82, 2.24) is 10.2 Å². The molecule has 0 bridgehead atoms. The summed E-state index contributed by atoms with van der Waals surface area (Å²) < 4.78 is 25.8. The van der Waals surface area contributed by atoms with Crippen molar-refractivity contribution in [1.29, 1.82) is 0 Å². The van der Waals surface area contributed by atoms with E-state index in [0.29, 0.717) is 20.6 Å². The number of carbonyl (C=O) groups excluding carboxylic acids is 2. The summed E-state index contributed by atoms with van der Waals surface area (Å²) in [6.45, 7) is 0.795. The number of nitrogens with zero attached hydrogens (tertiary/aromatic N) is 2. The smallest absolute Gasteiger partial charge is 0.244 e. The van der Waals surface area contributed by atoms with E-state index >= 15 is 0 Å². The molecule has 0 saturated carbocycles. The molecule has 2 aromatic rings. The highest BCUT2D eigenvalue weighted by molar-refractivity contribution is 7.92. The maximum atomic E-state index is 13.3. The molecule has 12 heteroatoms. The van der Waals surface area contributed by atoms with Crippen molar-refractivity contribution in [2.45, 2.75) is 19.5 Å². The third kappa shape index (κ3) is 6.42. The van der Waals surface area contributed by atoms with Crippen LogP contribution in [0.5, 0.6) is 0 Å². The summed E-state index contributed by atoms with van der Waals surface area (Å²) in [7, 11) is -2.49. The molecule has 1 N–H and O–H groups in total. The van der Waals surface area contributed by atoms with Gasteiger partial charge in [-0.05, 0) is 37.3 Å². The van der Waals surface area contributed by atoms with Gasteiger partial charge in [-0.1, -0.05) is 52.5 Å². The number of likely N-dealkylation sites (N-methyl/N-ethyl adjacent to an activating group) is 1. The van der Waals surface area contributed by atoms with Gasteiger partial charge in [0.05, 0.1) is 17.0 Å². The van der Waals surface area contributed by atoms with Gasteiger partial charge in [0.1, 0.15) is 12.6 Å². The van der Waals surface area contributed by atoms with Crippen LogP contribution < -0.4 is 9.62 Å². The number of amides is 2. The maximum absolute atomic E-state index is 13.3. The number of hydrogen-bond acceptors (Lipinski definition) is 4. The number of nitrogens with one attached hydrogen (secondary N) is 1. The molecule has 0 saturated heterocycles. The predicted molar refractivity (Wildman–Crippen MR) is 129 cm³/mol. The SMILES string of the molecule is CNC(=O)[C@H](C)N(Cc1c(Cl)cccc1Cl)C(=O)CN(c1ccc(Cl)cc1Cl)S(C)(=O)=O. The minimum Gasteiger partial charge on any atom is -0.357 e. The van der Waals surface area contributed by atoms with Gasteiger partial charge in [-0.25, -0.2) is 8.42 Å². The number of rotatable bonds is 8. The third-order valence-electron chi connectivity index (χ3n) is 4.66. The summed E-state index contributed by atoms with van der Waals surface area (Å²) in [5.41, 5.74) is 0.505. The van der Waals surface area contributed by atoms with Crippen LogP contribution in [-0.2, 0) is 26.2 Å². The van der Waals surface area contributed by atoms with Crippen molar-refractivity contribution in [3.8, 4) is 0 Å². The van der Waals surface area contributed by atoms with E-state index in [2.05, 4.69) is 5.32 Å². The van der Waals surface area contributed by atoms with E-state index in [1.807, 2.05) is 0 Å². The molecule has 2 amide bonds. The standard InChI is InChI=1S/C20H21Cl4N3O4S/c1-12(20(29)25-2)26(10-14-15(22)5-4-6-16(14)23)19(28)11-27(32(3,30)31)18-8-7-13(21)9-17(18)24/h4-9,12H,10-11H2,1-3H3,(H,25,29)/t12-/m0/s1. The zero-order chi connectivity index (χ0) is 24.2. The quantitative estimate of drug-likeness (QED) is 0.542. The largest absolute Gasteiger partial charge is 0.357 e. The van der Waals surface area contributed by atoms with Gasteiger partial charge in [0.25, 0.3) is 0 Å². The van der Waals surface area contributed by atoms with Crippen LogP contribution in [0.4, 0.5) is 5.69 Å². The Morgan fingerprint density at radius 1 is 1.03 bits per heavy atom. The molecule has 0 aromatic heterocycles. The normalized spacial score (nSPS) is 12.2. The Balaban J connectivity index is 2.47. The van der Waals surface area contributed by atoms with Gasteiger partial charge in [-0.2, -0.15) is 0 Å². The molecule has 7 nitrogen and oxygen atoms in total. The fourth-order valence-corrected chi connectivity index (χ4v) is 4.86. The predicted octanol–water partition coefficient (Wildman–Crippen LogP) is 4.23. The maximum Gasteiger partial charge on any atom is 0.244 e. The van der Waals surface area contributed by atoms with Crippen LogP contribution in [0.25, 0.3) is 0 Å². The van der Waals surface area contributed by atoms with Gasteiger partial charge in [-0.15, -0.1) is 0 Å². The lowest BCUT2D eigenvalue weighted by atomic mass is 10.1. The molecule has 0 fully saturated rings. The Labute approximate surface area is 207 Å². The van der Waals surface area contributed by atoms with Gasteiger partial charge >= 0.3 is 0 Å². The topological polar surface area (TPSA) is 86.8 Å². The minimum absolute atomic E-state index is 0.0516. The lowest BCUT2D eigenvalue weighted by molar-refractivity contribution is -0.139. The van der Waals surface area contributed by atoms with Crippen LogP contribution in [0, 0.1) is 0 Å². The number of halogens is 4. The molecule has 0 radical (unpaired) electrons. The second-order valence-corrected chi connectivity index (χ2v) is 10.4. The molecule has 0 aliphatic heterocycles. The second kappa shape index (κ2) is 10.9. The number of benzene rings is 2. The zero-order valence-electron chi connectivity index (χ0n) is 17.4. The van der Waals surface area contributed by atoms with E-state index in [0.717, 1.165) is 10.6 Å². The molecule has 0 unspecified atom stereocenters. The number of anilines is 1. The Hall–Kier alpha value is -1.71. The molecule has 1 atom stereocenters. The van der Waals surface area contributed by atoms with Gasteiger partial charge in [-0.3, -0.25) is 13.9 Å². The first-order valence-electron chi connectivity index (χ1n) is 9.23. The molecular weight excluding hydrogens is 520 g/mol. The van der Waals surface area contributed by atoms with Gasteiger partial charge in [0.15, 0.2) is 0 Å². The average Bonchev–Trinajstić information content (AvgIpc) is 2.70. The van der Waals surface area contributed by atoms with Crippen molar-refractivity contribution in [3.05, 3.63) is 62.1 Å². The highest BCUT2D eigenvalue weighted by Crippen LogP contribution is 2.31. The molecule has 0 aliphatic carbocycles. The summed E-state index contributed by atoms with van der Waals surface area (Å²) >= 11 is 24.6. The average molecular weight is 541 g/mol. The van der Waals surface area contributed by atoms with Crippen molar-refractivity contribution >= 4 is 73.9 Å². The first kappa shape index (κ1) is 26.5. The third-order valence-corrected chi connectivity index (χ3v) is 7.03. The summed E-state index contributed by atoms with van der Waals surface area (Å²) in [4.78, 5) is 26.9. The molecule has 2 aromatic carbocycles. The zero-order valence-corrected chi connectivity index (χ0v) is 21.2. The molecule has 0 aliphatic rings. The summed E-state index contributed by atoms with van der Waals surface area (Å²) in [6.07, 6.45) is 0.947. The number of sulfonamides is 1. The second-order valence-electron chi connectivity index (χ2n) is 6.88. The van der Waals surface area contributed by atoms with Crippen LogP contribution in [0.1, 0.15) is 12.5 Å². The molecule has 0 heterocycles. The monoisotopic (exact) mass is 539 g/mol. The first-order valence-corrected chi connectivity index (χ1v) is 12.6. The first-order chi connectivity index (χ1) is 14.9. The Morgan fingerprint density at radius 3 is 2.12 bits per heavy atom. The van der Waals surface area contributed by atoms with Crippen LogP contribution in [0.3, 0.4) is 0 Å². The van der Waals surface area contributed by atoms with Crippen LogP contribution in [0.15, 0.2) is 36.4 Å². The van der Waals surface area contributed by atoms with Crippen molar-refractivity contribution in [2.75, 3.05) is 24.2 Å². The molecule has 0 spiro atoms. The summed E-state index contributed by atoms with van der Waals surface area (Å²) in [5.74, 6) is -1.11. The number of carbonyl (C=O) groups is 2. The van der Waals surface area contributed by atoms with Gasteiger partial charge in [0, 0.05) is 34.2 Å². The highest BCUT2D eigenvalue weighted by Gasteiger charge is 2.31. The molecule has 32 heavy (non-hydrogen) atoms. The summed E-state index contributed by atoms with van der Waals surface area (Å²) in [5, 5.41) is 3.45. The van der Waals surface area contributed by atoms with Crippen molar-refractivity contribution in [2.24, 2.45) is 0 Å². The fourth-order valence-electron chi connectivity index (χ4n) is 2.92. The van der Waals surface area contributed by atoms with Crippen LogP contribution in [-0.4, -0.2) is 51.0 Å². The minimum atomic E-state index is -3.92. The lowest BCUT2D eigenvalue weighted by Crippen LogP contribution is -2.50. The Morgan fingerprint density at radius 2 is 1.62 bits per heavy atom. The van der Waals surface area contributed by atoms with Crippen LogP contribution in [0.2, 0.25) is 20.1 Å². The van der Waals surface area contributed by atoms with E-state index in [9.17, 15) is 18.0 Å². The molecular formula is C20H21Cl4N3O4S. The van der Waals surface area contributed by atoms with E-state index in [1.165, 1.54) is 37.1 Å². The highest BCUT2D eigenvalue weighted by atomic mass is 35.5. The van der Waals surface area contributed by atoms with E-state index in [-0.39, 0.29) is 17.3 Å². The van der Waals surface area contributed by atoms with E-state index < -0.39 is 34.4 Å². The fraction of sp³-hybridized carbons (Fsp3) is 0.300. The molecule has 174 valence electrons. The lowest BCUT2D eigenvalue weighted by Gasteiger charge is -2.31. The van der Waals surface area contributed by atoms with E-state index in [1.54, 1.807) is 18.2 Å². The van der Waals surface area contributed by atoms with Gasteiger partial charge < -0.3 is 10.2 Å². The van der Waals surface area contributed by atoms with Crippen molar-refractivity contribution in [3.63, 3.8) is 0 Å². The molecule has 2 rings (SSSR count). The Bertz CT molecular complexity index is 1110. The van der Waals surface area contributed by atoms with Crippen LogP contribution >= 0.6 is 46.4 Å². The van der Waals surface area contributed by atoms with Gasteiger partial charge in [0.2, 0.25) is 21.8 Å². The number of hydrogen-bond donors (Lipinski definition) is 1. The van der Waals surface area contributed by atoms with E-state index in [4.69, 9.17) is 46.4 Å². The van der Waals surface area contributed by atoms with Crippen molar-refractivity contribution < 1.29 is 18.0 Å². The Kier molecular flexibility index (Phi) is 9.07.